The smallest absolute Gasteiger partial charge is 0.418 e. The Morgan fingerprint density at radius 1 is 0.686 bits per heavy atom. The van der Waals surface area contributed by atoms with E-state index in [9.17, 15) is 15.0 Å². The van der Waals surface area contributed by atoms with Crippen LogP contribution in [0.1, 0.15) is 38.3 Å². The molecule has 7 rings (SSSR count). The number of benzene rings is 4. The number of ether oxygens (including phenoxy) is 3. The molecule has 0 bridgehead atoms. The van der Waals surface area contributed by atoms with Gasteiger partial charge in [-0.15, -0.1) is 0 Å². The molecule has 1 amide bonds. The molecule has 2 unspecified atom stereocenters. The summed E-state index contributed by atoms with van der Waals surface area (Å²) in [6.45, 7) is 3.82. The Kier molecular flexibility index (Phi) is 7.87. The van der Waals surface area contributed by atoms with Crippen molar-refractivity contribution >= 4 is 28.8 Å². The van der Waals surface area contributed by atoms with Crippen LogP contribution in [0.15, 0.2) is 84.9 Å². The highest BCUT2D eigenvalue weighted by Crippen LogP contribution is 2.62. The maximum Gasteiger partial charge on any atom is 0.418 e. The van der Waals surface area contributed by atoms with Gasteiger partial charge in [0, 0.05) is 6.42 Å². The lowest BCUT2D eigenvalue weighted by Gasteiger charge is -2.61. The van der Waals surface area contributed by atoms with Crippen molar-refractivity contribution in [3.8, 4) is 23.0 Å². The lowest BCUT2D eigenvalue weighted by molar-refractivity contribution is -0.137. The Hall–Kier alpha value is -5.15. The molecule has 51 heavy (non-hydrogen) atoms. The second kappa shape index (κ2) is 11.7. The molecule has 2 atom stereocenters. The first-order valence-electron chi connectivity index (χ1n) is 15.8. The Balaban J connectivity index is 1.69. The number of likely N-dealkylation sites (tertiary alicyclic amines) is 1. The third-order valence-electron chi connectivity index (χ3n) is 8.77. The molecule has 0 radical (unpaired) electrons. The van der Waals surface area contributed by atoms with Crippen molar-refractivity contribution in [3.63, 3.8) is 0 Å². The van der Waals surface area contributed by atoms with Gasteiger partial charge in [0.2, 0.25) is 5.79 Å². The summed E-state index contributed by atoms with van der Waals surface area (Å²) in [6.07, 6.45) is -15.6. The summed E-state index contributed by atoms with van der Waals surface area (Å²) in [4.78, 5) is 17.5. The first-order chi connectivity index (χ1) is 23.9. The van der Waals surface area contributed by atoms with E-state index in [1.807, 2.05) is 0 Å². The zero-order valence-corrected chi connectivity index (χ0v) is 27.3. The molecule has 0 spiro atoms. The fraction of sp³-hybridized carbons (Fsp3) is 0.306. The topological polar surface area (TPSA) is 94.9 Å². The van der Waals surface area contributed by atoms with Gasteiger partial charge in [0.1, 0.15) is 17.0 Å². The van der Waals surface area contributed by atoms with Crippen molar-refractivity contribution < 1.29 is 55.6 Å². The van der Waals surface area contributed by atoms with E-state index in [1.165, 1.54) is 69.3 Å². The average molecular weight is 716 g/mol. The number of para-hydroxylation sites is 6. The number of carbonyl (C=O) groups excluding carboxylic acids is 1. The molecule has 4 aromatic carbocycles. The lowest BCUT2D eigenvalue weighted by atomic mass is 9.90. The first kappa shape index (κ1) is 34.3. The number of aliphatic hydroxyl groups is 2. The molecule has 0 aliphatic carbocycles. The van der Waals surface area contributed by atoms with E-state index in [2.05, 4.69) is 0 Å². The van der Waals surface area contributed by atoms with Crippen LogP contribution < -0.4 is 19.3 Å². The number of nitrogens with zero attached hydrogens (tertiary/aromatic N) is 3. The molecule has 0 aromatic heterocycles. The van der Waals surface area contributed by atoms with Gasteiger partial charge in [0.15, 0.2) is 23.0 Å². The van der Waals surface area contributed by atoms with E-state index in [-0.39, 0.29) is 34.4 Å². The van der Waals surface area contributed by atoms with Gasteiger partial charge >= 0.3 is 18.4 Å². The van der Waals surface area contributed by atoms with Crippen LogP contribution in [0, 0.1) is 0 Å². The van der Waals surface area contributed by atoms with Gasteiger partial charge in [-0.25, -0.2) is 4.79 Å². The van der Waals surface area contributed by atoms with E-state index in [0.29, 0.717) is 0 Å². The minimum absolute atomic E-state index is 0.000625. The maximum atomic E-state index is 15.1. The molecule has 3 aliphatic heterocycles. The first-order valence-corrected chi connectivity index (χ1v) is 15.8. The second-order valence-corrected chi connectivity index (χ2v) is 13.3. The third kappa shape index (κ3) is 5.64. The molecule has 0 saturated carbocycles. The second-order valence-electron chi connectivity index (χ2n) is 13.3. The highest BCUT2D eigenvalue weighted by molar-refractivity contribution is 5.90. The van der Waals surface area contributed by atoms with Crippen LogP contribution in [0.4, 0.5) is 53.9 Å². The van der Waals surface area contributed by atoms with Crippen LogP contribution in [0.2, 0.25) is 0 Å². The number of rotatable bonds is 2. The number of β-amino-alcohol motifs (C(OH)–C–C–N with tert-alkyl or cyclic N) is 1. The fourth-order valence-electron chi connectivity index (χ4n) is 6.85. The number of aliphatic hydroxyl groups excluding tert-OH is 2. The molecule has 4 aromatic rings. The largest absolute Gasteiger partial charge is 0.453 e. The van der Waals surface area contributed by atoms with E-state index >= 15 is 26.3 Å². The number of hydrogen-bond acceptors (Lipinski definition) is 8. The van der Waals surface area contributed by atoms with Crippen LogP contribution in [-0.4, -0.2) is 51.3 Å². The van der Waals surface area contributed by atoms with Gasteiger partial charge < -0.3 is 24.4 Å². The number of piperidine rings is 1. The Morgan fingerprint density at radius 2 is 1.12 bits per heavy atom. The van der Waals surface area contributed by atoms with Crippen LogP contribution in [0.3, 0.4) is 0 Å². The standard InChI is InChI=1S/C36H31F6N3O6/c1-33(2,3)51-32(48)43-19-25(47)24(46)18-34(43,44-22-12-4-6-14-26(22)49-28-16-8-10-20(30(28)44)35(37,38)39)45-23-13-5-7-15-27(23)50-29-17-9-11-21(31(29)45)36(40,41)42/h4-17,24-25,46-47H,18-19H2,1-3H3. The molecule has 3 aliphatic rings. The SMILES string of the molecule is CC(C)(C)OC(=O)N1CC(O)C(O)CC1(N1c2ccccc2Oc2cccc(C(F)(F)F)c21)N1c2ccccc2Oc2cccc(C(F)(F)F)c21. The summed E-state index contributed by atoms with van der Waals surface area (Å²) >= 11 is 0. The Morgan fingerprint density at radius 3 is 1.55 bits per heavy atom. The number of amides is 1. The summed E-state index contributed by atoms with van der Waals surface area (Å²) in [6, 6.07) is 18.1. The number of hydrogen-bond donors (Lipinski definition) is 2. The van der Waals surface area contributed by atoms with E-state index in [0.717, 1.165) is 39.0 Å². The van der Waals surface area contributed by atoms with Crippen molar-refractivity contribution in [1.29, 1.82) is 0 Å². The highest BCUT2D eigenvalue weighted by Gasteiger charge is 2.62. The van der Waals surface area contributed by atoms with E-state index in [1.54, 1.807) is 12.1 Å². The number of fused-ring (bicyclic) bond motifs is 4. The third-order valence-corrected chi connectivity index (χ3v) is 8.77. The summed E-state index contributed by atoms with van der Waals surface area (Å²) in [5, 5.41) is 22.7. The van der Waals surface area contributed by atoms with E-state index < -0.39 is 77.5 Å². The summed E-state index contributed by atoms with van der Waals surface area (Å²) < 4.78 is 108. The summed E-state index contributed by atoms with van der Waals surface area (Å²) in [7, 11) is 0. The van der Waals surface area contributed by atoms with Crippen LogP contribution in [0.25, 0.3) is 0 Å². The van der Waals surface area contributed by atoms with Gasteiger partial charge in [-0.3, -0.25) is 14.7 Å². The van der Waals surface area contributed by atoms with Crippen molar-refractivity contribution in [3.05, 3.63) is 96.1 Å². The van der Waals surface area contributed by atoms with Crippen LogP contribution >= 0.6 is 0 Å². The van der Waals surface area contributed by atoms with Crippen molar-refractivity contribution in [2.24, 2.45) is 0 Å². The van der Waals surface area contributed by atoms with Gasteiger partial charge in [0.05, 0.1) is 41.3 Å². The summed E-state index contributed by atoms with van der Waals surface area (Å²) in [5.41, 5.74) is -5.21. The predicted octanol–water partition coefficient (Wildman–Crippen LogP) is 8.93. The average Bonchev–Trinajstić information content (AvgIpc) is 3.05. The molecular weight excluding hydrogens is 684 g/mol. The number of carbonyl (C=O) groups is 1. The minimum atomic E-state index is -5.05. The number of anilines is 4. The monoisotopic (exact) mass is 715 g/mol. The molecule has 15 heteroatoms. The lowest BCUT2D eigenvalue weighted by Crippen LogP contribution is -2.76. The Bertz CT molecular complexity index is 1900. The van der Waals surface area contributed by atoms with Crippen molar-refractivity contribution in [2.45, 2.75) is 63.1 Å². The fourth-order valence-corrected chi connectivity index (χ4v) is 6.85. The number of alkyl halides is 6. The van der Waals surface area contributed by atoms with Crippen molar-refractivity contribution in [1.82, 2.24) is 4.90 Å². The van der Waals surface area contributed by atoms with Gasteiger partial charge in [-0.05, 0) is 69.3 Å². The molecule has 1 saturated heterocycles. The molecular formula is C36H31F6N3O6. The molecule has 268 valence electrons. The van der Waals surface area contributed by atoms with E-state index in [4.69, 9.17) is 14.2 Å². The quantitative estimate of drug-likeness (QED) is 0.199. The zero-order chi connectivity index (χ0) is 36.7. The van der Waals surface area contributed by atoms with Gasteiger partial charge in [-0.1, -0.05) is 36.4 Å². The molecule has 2 N–H and O–H groups in total. The molecule has 1 fully saturated rings. The number of halogens is 6. The van der Waals surface area contributed by atoms with Crippen LogP contribution in [0.5, 0.6) is 23.0 Å². The zero-order valence-electron chi connectivity index (χ0n) is 27.3. The molecule has 9 nitrogen and oxygen atoms in total. The minimum Gasteiger partial charge on any atom is -0.453 e. The van der Waals surface area contributed by atoms with Gasteiger partial charge in [-0.2, -0.15) is 26.3 Å². The maximum absolute atomic E-state index is 15.1. The summed E-state index contributed by atoms with van der Waals surface area (Å²) in [5.74, 6) is -3.25. The normalized spacial score (nSPS) is 19.5. The predicted molar refractivity (Wildman–Crippen MR) is 172 cm³/mol. The Labute approximate surface area is 287 Å². The highest BCUT2D eigenvalue weighted by atomic mass is 19.4. The van der Waals surface area contributed by atoms with Crippen molar-refractivity contribution in [2.75, 3.05) is 16.3 Å². The van der Waals surface area contributed by atoms with Crippen LogP contribution in [-0.2, 0) is 17.1 Å². The molecule has 3 heterocycles. The van der Waals surface area contributed by atoms with Gasteiger partial charge in [0.25, 0.3) is 0 Å².